The highest BCUT2D eigenvalue weighted by atomic mass is 15.1. The van der Waals surface area contributed by atoms with E-state index >= 15 is 0 Å². The Labute approximate surface area is 121 Å². The highest BCUT2D eigenvalue weighted by Crippen LogP contribution is 2.19. The number of benzene rings is 1. The molecular formula is C17H23N3. The van der Waals surface area contributed by atoms with Crippen LogP contribution in [0, 0.1) is 0 Å². The van der Waals surface area contributed by atoms with Gasteiger partial charge >= 0.3 is 0 Å². The fourth-order valence-corrected chi connectivity index (χ4v) is 2.34. The van der Waals surface area contributed by atoms with Gasteiger partial charge < -0.3 is 9.88 Å². The van der Waals surface area contributed by atoms with Crippen LogP contribution in [0.25, 0.3) is 0 Å². The SMILES string of the molecule is CC(C)c1ccc(Cn2cnc(CNC3CC3)c2)cc1. The van der Waals surface area contributed by atoms with E-state index in [9.17, 15) is 0 Å². The van der Waals surface area contributed by atoms with Gasteiger partial charge in [-0.05, 0) is 29.9 Å². The lowest BCUT2D eigenvalue weighted by atomic mass is 10.0. The van der Waals surface area contributed by atoms with Crippen LogP contribution in [0.3, 0.4) is 0 Å². The summed E-state index contributed by atoms with van der Waals surface area (Å²) in [5.41, 5.74) is 3.86. The van der Waals surface area contributed by atoms with E-state index in [0.29, 0.717) is 5.92 Å². The Kier molecular flexibility index (Phi) is 3.88. The molecule has 1 N–H and O–H groups in total. The van der Waals surface area contributed by atoms with Gasteiger partial charge in [0.05, 0.1) is 12.0 Å². The molecule has 2 aromatic rings. The lowest BCUT2D eigenvalue weighted by Crippen LogP contribution is -2.15. The lowest BCUT2D eigenvalue weighted by Gasteiger charge is -2.07. The second-order valence-corrected chi connectivity index (χ2v) is 6.09. The Balaban J connectivity index is 1.58. The van der Waals surface area contributed by atoms with Gasteiger partial charge in [-0.25, -0.2) is 4.98 Å². The van der Waals surface area contributed by atoms with Gasteiger partial charge in [0, 0.05) is 25.3 Å². The van der Waals surface area contributed by atoms with Gasteiger partial charge in [-0.2, -0.15) is 0 Å². The van der Waals surface area contributed by atoms with Crippen molar-refractivity contribution in [2.75, 3.05) is 0 Å². The maximum atomic E-state index is 4.46. The van der Waals surface area contributed by atoms with Crippen molar-refractivity contribution in [3.8, 4) is 0 Å². The number of nitrogens with zero attached hydrogens (tertiary/aromatic N) is 2. The number of hydrogen-bond donors (Lipinski definition) is 1. The van der Waals surface area contributed by atoms with Crippen molar-refractivity contribution in [3.05, 3.63) is 53.6 Å². The highest BCUT2D eigenvalue weighted by Gasteiger charge is 2.20. The second kappa shape index (κ2) is 5.80. The zero-order chi connectivity index (χ0) is 13.9. The predicted octanol–water partition coefficient (Wildman–Crippen LogP) is 3.31. The first-order valence-electron chi connectivity index (χ1n) is 7.53. The molecule has 0 amide bonds. The first-order chi connectivity index (χ1) is 9.70. The van der Waals surface area contributed by atoms with Crippen molar-refractivity contribution < 1.29 is 0 Å². The minimum atomic E-state index is 0.595. The van der Waals surface area contributed by atoms with Crippen molar-refractivity contribution in [2.24, 2.45) is 0 Å². The number of nitrogens with one attached hydrogen (secondary N) is 1. The molecule has 1 aromatic heterocycles. The third-order valence-electron chi connectivity index (χ3n) is 3.85. The van der Waals surface area contributed by atoms with Crippen molar-refractivity contribution in [3.63, 3.8) is 0 Å². The zero-order valence-electron chi connectivity index (χ0n) is 12.3. The normalized spacial score (nSPS) is 14.9. The van der Waals surface area contributed by atoms with E-state index in [0.717, 1.165) is 24.8 Å². The Hall–Kier alpha value is -1.61. The summed E-state index contributed by atoms with van der Waals surface area (Å²) in [5.74, 6) is 0.595. The molecule has 0 unspecified atom stereocenters. The molecule has 3 rings (SSSR count). The number of hydrogen-bond acceptors (Lipinski definition) is 2. The molecule has 20 heavy (non-hydrogen) atoms. The molecule has 1 aliphatic carbocycles. The number of rotatable bonds is 6. The van der Waals surface area contributed by atoms with Gasteiger partial charge in [-0.1, -0.05) is 38.1 Å². The summed E-state index contributed by atoms with van der Waals surface area (Å²) < 4.78 is 2.16. The molecule has 1 heterocycles. The highest BCUT2D eigenvalue weighted by molar-refractivity contribution is 5.25. The Morgan fingerprint density at radius 1 is 1.25 bits per heavy atom. The average Bonchev–Trinajstić information content (AvgIpc) is 3.17. The Bertz CT molecular complexity index is 550. The van der Waals surface area contributed by atoms with Crippen molar-refractivity contribution in [1.29, 1.82) is 0 Å². The summed E-state index contributed by atoms with van der Waals surface area (Å²) in [6.07, 6.45) is 6.72. The minimum Gasteiger partial charge on any atom is -0.333 e. The lowest BCUT2D eigenvalue weighted by molar-refractivity contribution is 0.676. The van der Waals surface area contributed by atoms with Crippen LogP contribution in [0.5, 0.6) is 0 Å². The predicted molar refractivity (Wildman–Crippen MR) is 81.7 cm³/mol. The van der Waals surface area contributed by atoms with E-state index in [4.69, 9.17) is 0 Å². The molecule has 3 heteroatoms. The van der Waals surface area contributed by atoms with Crippen LogP contribution in [0.15, 0.2) is 36.8 Å². The monoisotopic (exact) mass is 269 g/mol. The summed E-state index contributed by atoms with van der Waals surface area (Å²) in [6, 6.07) is 9.64. The van der Waals surface area contributed by atoms with Crippen LogP contribution in [0.2, 0.25) is 0 Å². The third kappa shape index (κ3) is 3.48. The van der Waals surface area contributed by atoms with E-state index in [1.54, 1.807) is 0 Å². The fourth-order valence-electron chi connectivity index (χ4n) is 2.34. The van der Waals surface area contributed by atoms with E-state index in [2.05, 4.69) is 59.2 Å². The van der Waals surface area contributed by atoms with Crippen LogP contribution < -0.4 is 5.32 Å². The van der Waals surface area contributed by atoms with Gasteiger partial charge in [-0.3, -0.25) is 0 Å². The first kappa shape index (κ1) is 13.4. The molecule has 0 aliphatic heterocycles. The van der Waals surface area contributed by atoms with E-state index < -0.39 is 0 Å². The molecule has 3 nitrogen and oxygen atoms in total. The molecule has 1 saturated carbocycles. The molecule has 0 atom stereocenters. The molecule has 1 aliphatic rings. The molecule has 0 saturated heterocycles. The smallest absolute Gasteiger partial charge is 0.0953 e. The molecule has 0 spiro atoms. The van der Waals surface area contributed by atoms with E-state index in [1.807, 2.05) is 6.33 Å². The first-order valence-corrected chi connectivity index (χ1v) is 7.53. The van der Waals surface area contributed by atoms with Crippen molar-refractivity contribution in [2.45, 2.75) is 51.7 Å². The maximum absolute atomic E-state index is 4.46. The topological polar surface area (TPSA) is 29.9 Å². The van der Waals surface area contributed by atoms with E-state index in [1.165, 1.54) is 24.0 Å². The fraction of sp³-hybridized carbons (Fsp3) is 0.471. The second-order valence-electron chi connectivity index (χ2n) is 6.09. The maximum Gasteiger partial charge on any atom is 0.0953 e. The quantitative estimate of drug-likeness (QED) is 0.872. The van der Waals surface area contributed by atoms with E-state index in [-0.39, 0.29) is 0 Å². The van der Waals surface area contributed by atoms with Crippen LogP contribution in [-0.4, -0.2) is 15.6 Å². The summed E-state index contributed by atoms with van der Waals surface area (Å²) >= 11 is 0. The third-order valence-corrected chi connectivity index (χ3v) is 3.85. The van der Waals surface area contributed by atoms with Crippen molar-refractivity contribution in [1.82, 2.24) is 14.9 Å². The summed E-state index contributed by atoms with van der Waals surface area (Å²) in [7, 11) is 0. The van der Waals surface area contributed by atoms with Crippen LogP contribution in [0.4, 0.5) is 0 Å². The molecule has 106 valence electrons. The molecular weight excluding hydrogens is 246 g/mol. The van der Waals surface area contributed by atoms with Crippen molar-refractivity contribution >= 4 is 0 Å². The Morgan fingerprint density at radius 2 is 2.00 bits per heavy atom. The van der Waals surface area contributed by atoms with Crippen LogP contribution >= 0.6 is 0 Å². The van der Waals surface area contributed by atoms with Gasteiger partial charge in [-0.15, -0.1) is 0 Å². The van der Waals surface area contributed by atoms with Gasteiger partial charge in [0.2, 0.25) is 0 Å². The molecule has 0 radical (unpaired) electrons. The summed E-state index contributed by atoms with van der Waals surface area (Å²) in [4.78, 5) is 4.46. The van der Waals surface area contributed by atoms with Gasteiger partial charge in [0.15, 0.2) is 0 Å². The van der Waals surface area contributed by atoms with Crippen LogP contribution in [-0.2, 0) is 13.1 Å². The molecule has 1 aromatic carbocycles. The summed E-state index contributed by atoms with van der Waals surface area (Å²) in [5, 5.41) is 3.49. The standard InChI is InChI=1S/C17H23N3/c1-13(2)15-5-3-14(4-6-15)10-20-11-17(19-12-20)9-18-16-7-8-16/h3-6,11-13,16,18H,7-10H2,1-2H3. The summed E-state index contributed by atoms with van der Waals surface area (Å²) in [6.45, 7) is 6.24. The minimum absolute atomic E-state index is 0.595. The Morgan fingerprint density at radius 3 is 2.65 bits per heavy atom. The molecule has 1 fully saturated rings. The van der Waals surface area contributed by atoms with Gasteiger partial charge in [0.25, 0.3) is 0 Å². The van der Waals surface area contributed by atoms with Gasteiger partial charge in [0.1, 0.15) is 0 Å². The number of imidazole rings is 1. The largest absolute Gasteiger partial charge is 0.333 e. The zero-order valence-corrected chi connectivity index (χ0v) is 12.3. The number of aromatic nitrogens is 2. The average molecular weight is 269 g/mol. The van der Waals surface area contributed by atoms with Crippen LogP contribution in [0.1, 0.15) is 49.4 Å². The molecule has 0 bridgehead atoms.